The molecule has 0 saturated carbocycles. The Bertz CT molecular complexity index is 771. The molecule has 4 nitrogen and oxygen atoms in total. The molecule has 2 aromatic rings. The maximum atomic E-state index is 13.1. The number of hydrogen-bond donors (Lipinski definition) is 1. The van der Waals surface area contributed by atoms with Crippen LogP contribution in [0.5, 0.6) is 0 Å². The van der Waals surface area contributed by atoms with Gasteiger partial charge in [0.15, 0.2) is 0 Å². The summed E-state index contributed by atoms with van der Waals surface area (Å²) in [5.74, 6) is -0.0654. The van der Waals surface area contributed by atoms with Crippen LogP contribution in [0.4, 0.5) is 0 Å². The van der Waals surface area contributed by atoms with Gasteiger partial charge in [-0.15, -0.1) is 0 Å². The van der Waals surface area contributed by atoms with Crippen LogP contribution in [0.3, 0.4) is 0 Å². The highest BCUT2D eigenvalue weighted by Gasteiger charge is 2.26. The summed E-state index contributed by atoms with van der Waals surface area (Å²) in [5.41, 5.74) is 3.52. The molecule has 2 aromatic carbocycles. The van der Waals surface area contributed by atoms with E-state index in [-0.39, 0.29) is 17.9 Å². The normalized spacial score (nSPS) is 12.8. The lowest BCUT2D eigenvalue weighted by Gasteiger charge is -2.29. The largest absolute Gasteiger partial charge is 0.352 e. The third-order valence-corrected chi connectivity index (χ3v) is 5.40. The molecule has 0 bridgehead atoms. The van der Waals surface area contributed by atoms with Gasteiger partial charge in [-0.1, -0.05) is 67.1 Å². The molecular formula is C25H34N2O2. The first-order valence-corrected chi connectivity index (χ1v) is 10.6. The first-order chi connectivity index (χ1) is 13.9. The van der Waals surface area contributed by atoms with E-state index >= 15 is 0 Å². The number of aryl methyl sites for hydroxylation is 2. The van der Waals surface area contributed by atoms with Crippen molar-refractivity contribution in [2.45, 2.75) is 65.5 Å². The molecule has 156 valence electrons. The van der Waals surface area contributed by atoms with Crippen molar-refractivity contribution in [3.8, 4) is 0 Å². The van der Waals surface area contributed by atoms with E-state index in [2.05, 4.69) is 48.6 Å². The average Bonchev–Trinajstić information content (AvgIpc) is 2.73. The molecule has 1 N–H and O–H groups in total. The third-order valence-electron chi connectivity index (χ3n) is 5.40. The Balaban J connectivity index is 2.05. The molecule has 0 fully saturated rings. The molecule has 0 aliphatic heterocycles. The van der Waals surface area contributed by atoms with Gasteiger partial charge in [0.2, 0.25) is 11.8 Å². The summed E-state index contributed by atoms with van der Waals surface area (Å²) < 4.78 is 0. The molecule has 0 heterocycles. The third kappa shape index (κ3) is 7.37. The molecule has 0 saturated heterocycles. The van der Waals surface area contributed by atoms with Crippen LogP contribution >= 0.6 is 0 Å². The monoisotopic (exact) mass is 394 g/mol. The van der Waals surface area contributed by atoms with Gasteiger partial charge in [0, 0.05) is 19.0 Å². The van der Waals surface area contributed by atoms with Crippen molar-refractivity contribution in [2.24, 2.45) is 0 Å². The Kier molecular flexibility index (Phi) is 8.91. The van der Waals surface area contributed by atoms with Crippen molar-refractivity contribution in [1.29, 1.82) is 0 Å². The fourth-order valence-electron chi connectivity index (χ4n) is 3.19. The van der Waals surface area contributed by atoms with Gasteiger partial charge < -0.3 is 10.2 Å². The van der Waals surface area contributed by atoms with Gasteiger partial charge >= 0.3 is 0 Å². The van der Waals surface area contributed by atoms with E-state index in [0.29, 0.717) is 19.4 Å². The minimum Gasteiger partial charge on any atom is -0.352 e. The smallest absolute Gasteiger partial charge is 0.242 e. The number of carbonyl (C=O) groups is 2. The number of amides is 2. The summed E-state index contributed by atoms with van der Waals surface area (Å²) in [5, 5.41) is 3.01. The van der Waals surface area contributed by atoms with E-state index in [4.69, 9.17) is 0 Å². The molecule has 29 heavy (non-hydrogen) atoms. The molecule has 0 radical (unpaired) electrons. The van der Waals surface area contributed by atoms with Crippen LogP contribution in [0, 0.1) is 6.92 Å². The second-order valence-corrected chi connectivity index (χ2v) is 7.80. The molecule has 0 unspecified atom stereocenters. The molecule has 0 aliphatic carbocycles. The van der Waals surface area contributed by atoms with Crippen LogP contribution in [-0.2, 0) is 22.4 Å². The van der Waals surface area contributed by atoms with E-state index in [0.717, 1.165) is 18.4 Å². The lowest BCUT2D eigenvalue weighted by atomic mass is 10.1. The number of benzene rings is 2. The predicted octanol–water partition coefficient (Wildman–Crippen LogP) is 4.30. The van der Waals surface area contributed by atoms with Gasteiger partial charge in [-0.25, -0.2) is 0 Å². The molecular weight excluding hydrogens is 360 g/mol. The second kappa shape index (κ2) is 11.4. The molecule has 0 spiro atoms. The number of rotatable bonds is 10. The summed E-state index contributed by atoms with van der Waals surface area (Å²) in [6.07, 6.45) is 2.68. The summed E-state index contributed by atoms with van der Waals surface area (Å²) in [4.78, 5) is 27.5. The van der Waals surface area contributed by atoms with Crippen LogP contribution in [-0.4, -0.2) is 35.3 Å². The Labute approximate surface area is 175 Å². The van der Waals surface area contributed by atoms with Crippen molar-refractivity contribution in [3.63, 3.8) is 0 Å². The lowest BCUT2D eigenvalue weighted by Crippen LogP contribution is -2.50. The van der Waals surface area contributed by atoms with E-state index in [9.17, 15) is 9.59 Å². The van der Waals surface area contributed by atoms with E-state index in [1.54, 1.807) is 4.90 Å². The zero-order chi connectivity index (χ0) is 21.2. The molecule has 4 heteroatoms. The van der Waals surface area contributed by atoms with Gasteiger partial charge in [0.1, 0.15) is 6.04 Å². The fraction of sp³-hybridized carbons (Fsp3) is 0.440. The van der Waals surface area contributed by atoms with Gasteiger partial charge in [-0.05, 0) is 51.2 Å². The topological polar surface area (TPSA) is 49.4 Å². The SMILES string of the molecule is CC[C@@H](C)NC(=O)[C@H](C)N(CCc1ccccc1)C(=O)CCc1ccc(C)cc1. The van der Waals surface area contributed by atoms with Crippen LogP contribution < -0.4 is 5.32 Å². The van der Waals surface area contributed by atoms with Crippen LogP contribution in [0.2, 0.25) is 0 Å². The second-order valence-electron chi connectivity index (χ2n) is 7.80. The van der Waals surface area contributed by atoms with Gasteiger partial charge in [0.25, 0.3) is 0 Å². The maximum Gasteiger partial charge on any atom is 0.242 e. The molecule has 2 rings (SSSR count). The average molecular weight is 395 g/mol. The van der Waals surface area contributed by atoms with Crippen LogP contribution in [0.25, 0.3) is 0 Å². The minimum absolute atomic E-state index is 0.0216. The fourth-order valence-corrected chi connectivity index (χ4v) is 3.19. The molecule has 0 aromatic heterocycles. The van der Waals surface area contributed by atoms with Crippen molar-refractivity contribution in [2.75, 3.05) is 6.54 Å². The zero-order valence-electron chi connectivity index (χ0n) is 18.2. The van der Waals surface area contributed by atoms with E-state index < -0.39 is 6.04 Å². The van der Waals surface area contributed by atoms with Crippen LogP contribution in [0.1, 0.15) is 50.3 Å². The standard InChI is InChI=1S/C25H34N2O2/c1-5-20(3)26-25(29)21(4)27(18-17-22-9-7-6-8-10-22)24(28)16-15-23-13-11-19(2)12-14-23/h6-14,20-21H,5,15-18H2,1-4H3,(H,26,29)/t20-,21+/m1/s1. The van der Waals surface area contributed by atoms with Crippen molar-refractivity contribution < 1.29 is 9.59 Å². The summed E-state index contributed by atoms with van der Waals surface area (Å²) >= 11 is 0. The Hall–Kier alpha value is -2.62. The molecule has 2 atom stereocenters. The number of hydrogen-bond acceptors (Lipinski definition) is 2. The highest BCUT2D eigenvalue weighted by Crippen LogP contribution is 2.11. The van der Waals surface area contributed by atoms with Gasteiger partial charge in [0.05, 0.1) is 0 Å². The highest BCUT2D eigenvalue weighted by atomic mass is 16.2. The number of carbonyl (C=O) groups excluding carboxylic acids is 2. The van der Waals surface area contributed by atoms with Gasteiger partial charge in [-0.3, -0.25) is 9.59 Å². The predicted molar refractivity (Wildman–Crippen MR) is 119 cm³/mol. The maximum absolute atomic E-state index is 13.1. The number of nitrogens with zero attached hydrogens (tertiary/aromatic N) is 1. The quantitative estimate of drug-likeness (QED) is 0.653. The summed E-state index contributed by atoms with van der Waals surface area (Å²) in [6.45, 7) is 8.43. The van der Waals surface area contributed by atoms with Crippen molar-refractivity contribution >= 4 is 11.8 Å². The minimum atomic E-state index is -0.488. The summed E-state index contributed by atoms with van der Waals surface area (Å²) in [6, 6.07) is 18.0. The van der Waals surface area contributed by atoms with Crippen LogP contribution in [0.15, 0.2) is 54.6 Å². The first kappa shape index (κ1) is 22.7. The van der Waals surface area contributed by atoms with E-state index in [1.807, 2.05) is 39.0 Å². The summed E-state index contributed by atoms with van der Waals surface area (Å²) in [7, 11) is 0. The Morgan fingerprint density at radius 1 is 0.931 bits per heavy atom. The van der Waals surface area contributed by atoms with Crippen molar-refractivity contribution in [1.82, 2.24) is 10.2 Å². The Morgan fingerprint density at radius 2 is 1.55 bits per heavy atom. The zero-order valence-corrected chi connectivity index (χ0v) is 18.2. The Morgan fingerprint density at radius 3 is 2.17 bits per heavy atom. The highest BCUT2D eigenvalue weighted by molar-refractivity contribution is 5.87. The number of nitrogens with one attached hydrogen (secondary N) is 1. The van der Waals surface area contributed by atoms with Crippen molar-refractivity contribution in [3.05, 3.63) is 71.3 Å². The lowest BCUT2D eigenvalue weighted by molar-refractivity contribution is -0.140. The van der Waals surface area contributed by atoms with E-state index in [1.165, 1.54) is 11.1 Å². The van der Waals surface area contributed by atoms with Gasteiger partial charge in [-0.2, -0.15) is 0 Å². The first-order valence-electron chi connectivity index (χ1n) is 10.6. The molecule has 2 amide bonds. The molecule has 0 aliphatic rings.